The number of rotatable bonds is 18. The van der Waals surface area contributed by atoms with Crippen LogP contribution in [0.5, 0.6) is 0 Å². The second-order valence-corrected chi connectivity index (χ2v) is 18.4. The molecule has 0 unspecified atom stereocenters. The van der Waals surface area contributed by atoms with Crippen molar-refractivity contribution in [1.82, 2.24) is 31.9 Å². The summed E-state index contributed by atoms with van der Waals surface area (Å²) in [6, 6.07) is 28.0. The van der Waals surface area contributed by atoms with Crippen LogP contribution in [0.2, 0.25) is 0 Å². The molecule has 0 saturated carbocycles. The van der Waals surface area contributed by atoms with Gasteiger partial charge in [-0.1, -0.05) is 115 Å². The molecule has 1 aliphatic rings. The number of nitrogens with one attached hydrogen (secondary N) is 9. The Balaban J connectivity index is 1.45. The summed E-state index contributed by atoms with van der Waals surface area (Å²) in [5, 5.41) is 20.9. The number of hydrogen-bond acceptors (Lipinski definition) is 6. The molecule has 6 atom stereocenters. The van der Waals surface area contributed by atoms with E-state index in [9.17, 15) is 28.8 Å². The summed E-state index contributed by atoms with van der Waals surface area (Å²) in [6.45, 7) is 0.699. The average molecular weight is 1010 g/mol. The second-order valence-electron chi connectivity index (χ2n) is 18.4. The number of guanidine groups is 3. The zero-order valence-corrected chi connectivity index (χ0v) is 41.3. The van der Waals surface area contributed by atoms with E-state index in [-0.39, 0.29) is 95.3 Å². The van der Waals surface area contributed by atoms with Crippen LogP contribution in [0.25, 0.3) is 21.5 Å². The standard InChI is InChI=1S/C53H67N15O6/c54-51(55)60-24-8-17-39-45(69)63-40(18-9-25-61-52(56)57)46(70)67-44(31-34-21-23-36-14-5-7-16-38(36)28-34)50(74)68-43(30-33-20-22-35-13-4-6-15-37(35)27-33)49(73)65-41(19-10-26-62-53(58)59)47(71)66-42(48(72)64-39)29-32-11-2-1-3-12-32/h1-7,11-16,20-23,27-28,39-44H,8-10,17-19,24-26,29-31H2,(H,63,69)(H,64,72)(H,65,73)(H,66,71)(H,67,70)(H,68,74)(H4,54,55,60)(H4,56,57,61)(H4,58,59,62)/p+3/t39-,40-,41-,42-,43-,44-/m0/s1. The molecular formula is C53H70N15O6+3. The summed E-state index contributed by atoms with van der Waals surface area (Å²) >= 11 is 0. The molecule has 74 heavy (non-hydrogen) atoms. The molecule has 6 amide bonds. The van der Waals surface area contributed by atoms with Gasteiger partial charge >= 0.3 is 17.9 Å². The second kappa shape index (κ2) is 27.2. The van der Waals surface area contributed by atoms with Crippen LogP contribution in [0, 0.1) is 0 Å². The lowest BCUT2D eigenvalue weighted by atomic mass is 9.98. The zero-order chi connectivity index (χ0) is 53.0. The van der Waals surface area contributed by atoms with Gasteiger partial charge in [0.05, 0.1) is 19.6 Å². The van der Waals surface area contributed by atoms with Crippen molar-refractivity contribution in [3.8, 4) is 0 Å². The van der Waals surface area contributed by atoms with E-state index in [2.05, 4.69) is 46.9 Å². The minimum atomic E-state index is -1.30. The van der Waals surface area contributed by atoms with Crippen molar-refractivity contribution >= 4 is 74.9 Å². The monoisotopic (exact) mass is 1010 g/mol. The first-order chi connectivity index (χ1) is 35.6. The van der Waals surface area contributed by atoms with Crippen LogP contribution in [-0.2, 0) is 48.0 Å². The molecular weight excluding hydrogens is 943 g/mol. The minimum Gasteiger partial charge on any atom is -0.343 e. The van der Waals surface area contributed by atoms with E-state index in [0.717, 1.165) is 21.5 Å². The summed E-state index contributed by atoms with van der Waals surface area (Å²) in [4.78, 5) is 96.9. The third-order valence-electron chi connectivity index (χ3n) is 12.6. The van der Waals surface area contributed by atoms with Crippen molar-refractivity contribution in [2.45, 2.75) is 94.0 Å². The summed E-state index contributed by atoms with van der Waals surface area (Å²) in [5.74, 6) is -4.38. The number of amides is 6. The highest BCUT2D eigenvalue weighted by Gasteiger charge is 2.35. The van der Waals surface area contributed by atoms with Crippen LogP contribution in [-0.4, -0.2) is 109 Å². The molecule has 0 aliphatic carbocycles. The lowest BCUT2D eigenvalue weighted by molar-refractivity contribution is -0.460. The number of hydrogen-bond donors (Lipinski definition) is 15. The fraction of sp³-hybridized carbons (Fsp3) is 0.340. The smallest absolute Gasteiger partial charge is 0.338 e. The highest BCUT2D eigenvalue weighted by Crippen LogP contribution is 2.20. The largest absolute Gasteiger partial charge is 0.343 e. The first-order valence-corrected chi connectivity index (χ1v) is 24.8. The minimum absolute atomic E-state index is 0.00751. The Hall–Kier alpha value is -8.75. The van der Waals surface area contributed by atoms with Crippen molar-refractivity contribution in [3.63, 3.8) is 0 Å². The summed E-state index contributed by atoms with van der Waals surface area (Å²) in [7, 11) is 0. The lowest BCUT2D eigenvalue weighted by Crippen LogP contribution is -2.78. The van der Waals surface area contributed by atoms with Crippen molar-refractivity contribution < 1.29 is 43.7 Å². The molecule has 5 aromatic carbocycles. The van der Waals surface area contributed by atoms with E-state index in [1.165, 1.54) is 0 Å². The quantitative estimate of drug-likeness (QED) is 0.0222. The van der Waals surface area contributed by atoms with Gasteiger partial charge in [0.2, 0.25) is 35.4 Å². The molecule has 21 nitrogen and oxygen atoms in total. The van der Waals surface area contributed by atoms with E-state index < -0.39 is 71.7 Å². The average Bonchev–Trinajstić information content (AvgIpc) is 3.37. The topological polar surface area (TPSA) is 373 Å². The molecule has 21 heteroatoms. The lowest BCUT2D eigenvalue weighted by Gasteiger charge is -2.29. The zero-order valence-electron chi connectivity index (χ0n) is 41.3. The highest BCUT2D eigenvalue weighted by atomic mass is 16.2. The summed E-state index contributed by atoms with van der Waals surface area (Å²) in [6.07, 6.45) is 0.900. The number of benzene rings is 5. The Bertz CT molecular complexity index is 2850. The van der Waals surface area contributed by atoms with Gasteiger partial charge in [0, 0.05) is 19.3 Å². The van der Waals surface area contributed by atoms with E-state index >= 15 is 0 Å². The molecule has 0 spiro atoms. The van der Waals surface area contributed by atoms with Crippen LogP contribution < -0.4 is 81.3 Å². The van der Waals surface area contributed by atoms with Crippen LogP contribution in [0.15, 0.2) is 115 Å². The SMILES string of the molecule is NC(N)=[NH+]CCC[C@@H]1NC(=O)[C@H](CCC[NH+]=C(N)N)NC(=O)[C@H](Cc2ccccc2)NC(=O)[C@H](CCC[NH+]=C(N)N)NC(=O)[C@H](Cc2ccc3ccccc3c2)NC(=O)[C@H](Cc2ccc3ccccc3c2)NC1=O. The Morgan fingerprint density at radius 1 is 0.338 bits per heavy atom. The fourth-order valence-corrected chi connectivity index (χ4v) is 8.74. The number of fused-ring (bicyclic) bond motifs is 2. The van der Waals surface area contributed by atoms with Crippen molar-refractivity contribution in [2.24, 2.45) is 34.4 Å². The van der Waals surface area contributed by atoms with Crippen molar-refractivity contribution in [3.05, 3.63) is 132 Å². The third-order valence-corrected chi connectivity index (χ3v) is 12.6. The molecule has 390 valence electrons. The van der Waals surface area contributed by atoms with E-state index in [1.807, 2.05) is 91.0 Å². The molecule has 1 saturated heterocycles. The van der Waals surface area contributed by atoms with Gasteiger partial charge in [-0.15, -0.1) is 0 Å². The van der Waals surface area contributed by atoms with Gasteiger partial charge in [-0.3, -0.25) is 78.1 Å². The van der Waals surface area contributed by atoms with E-state index in [4.69, 9.17) is 34.4 Å². The third kappa shape index (κ3) is 16.9. The first kappa shape index (κ1) is 54.6. The van der Waals surface area contributed by atoms with Gasteiger partial charge in [0.15, 0.2) is 0 Å². The maximum atomic E-state index is 15.0. The predicted octanol–water partition coefficient (Wildman–Crippen LogP) is -5.65. The summed E-state index contributed by atoms with van der Waals surface area (Å²) < 4.78 is 0. The molecule has 0 radical (unpaired) electrons. The molecule has 1 aliphatic heterocycles. The van der Waals surface area contributed by atoms with Crippen LogP contribution in [0.1, 0.15) is 55.2 Å². The number of carbonyl (C=O) groups is 6. The van der Waals surface area contributed by atoms with Gasteiger partial charge in [-0.25, -0.2) is 0 Å². The Morgan fingerprint density at radius 3 is 0.959 bits per heavy atom. The molecule has 6 rings (SSSR count). The van der Waals surface area contributed by atoms with Crippen LogP contribution in [0.4, 0.5) is 0 Å². The van der Waals surface area contributed by atoms with E-state index in [1.54, 1.807) is 24.3 Å². The van der Waals surface area contributed by atoms with Gasteiger partial charge in [-0.05, 0) is 76.8 Å². The molecule has 0 bridgehead atoms. The van der Waals surface area contributed by atoms with Crippen LogP contribution >= 0.6 is 0 Å². The van der Waals surface area contributed by atoms with Gasteiger partial charge in [0.25, 0.3) is 0 Å². The Labute approximate surface area is 429 Å². The number of carbonyl (C=O) groups excluding carboxylic acids is 6. The Morgan fingerprint density at radius 2 is 0.622 bits per heavy atom. The maximum Gasteiger partial charge on any atom is 0.338 e. The van der Waals surface area contributed by atoms with Crippen LogP contribution in [0.3, 0.4) is 0 Å². The van der Waals surface area contributed by atoms with Gasteiger partial charge in [0.1, 0.15) is 36.3 Å². The van der Waals surface area contributed by atoms with Crippen molar-refractivity contribution in [2.75, 3.05) is 19.6 Å². The molecule has 0 aromatic heterocycles. The van der Waals surface area contributed by atoms with Gasteiger partial charge < -0.3 is 31.9 Å². The van der Waals surface area contributed by atoms with Gasteiger partial charge in [-0.2, -0.15) is 0 Å². The predicted molar refractivity (Wildman–Crippen MR) is 282 cm³/mol. The maximum absolute atomic E-state index is 15.0. The van der Waals surface area contributed by atoms with Crippen molar-refractivity contribution in [1.29, 1.82) is 0 Å². The molecule has 1 heterocycles. The summed E-state index contributed by atoms with van der Waals surface area (Å²) in [5.41, 5.74) is 36.0. The first-order valence-electron chi connectivity index (χ1n) is 24.8. The fourth-order valence-electron chi connectivity index (χ4n) is 8.74. The molecule has 5 aromatic rings. The molecule has 1 fully saturated rings. The molecule has 21 N–H and O–H groups in total. The Kier molecular flexibility index (Phi) is 20.0. The highest BCUT2D eigenvalue weighted by molar-refractivity contribution is 5.99. The normalized spacial score (nSPS) is 20.1. The van der Waals surface area contributed by atoms with E-state index in [0.29, 0.717) is 16.7 Å². The number of nitrogens with two attached hydrogens (primary N) is 6.